The fourth-order valence-corrected chi connectivity index (χ4v) is 2.58. The monoisotopic (exact) mass is 266 g/mol. The zero-order chi connectivity index (χ0) is 14.1. The molecule has 1 aromatic rings. The van der Waals surface area contributed by atoms with Crippen LogP contribution in [0.5, 0.6) is 0 Å². The Labute approximate surface area is 115 Å². The molecule has 19 heavy (non-hydrogen) atoms. The summed E-state index contributed by atoms with van der Waals surface area (Å²) in [6.45, 7) is 10.6. The van der Waals surface area contributed by atoms with Crippen molar-refractivity contribution in [1.82, 2.24) is 20.1 Å². The van der Waals surface area contributed by atoms with Gasteiger partial charge in [-0.15, -0.1) is 0 Å². The van der Waals surface area contributed by atoms with E-state index < -0.39 is 0 Å². The lowest BCUT2D eigenvalue weighted by Crippen LogP contribution is -2.48. The Morgan fingerprint density at radius 1 is 1.53 bits per heavy atom. The molecule has 5 nitrogen and oxygen atoms in total. The molecule has 2 atom stereocenters. The van der Waals surface area contributed by atoms with E-state index in [4.69, 9.17) is 4.74 Å². The fraction of sp³-hybridized carbons (Fsp3) is 0.857. The van der Waals surface area contributed by atoms with Gasteiger partial charge in [0.05, 0.1) is 6.10 Å². The molecule has 0 radical (unpaired) electrons. The highest BCUT2D eigenvalue weighted by molar-refractivity contribution is 5.01. The largest absolute Gasteiger partial charge is 0.378 e. The van der Waals surface area contributed by atoms with Gasteiger partial charge in [0, 0.05) is 37.6 Å². The Morgan fingerprint density at radius 2 is 2.26 bits per heavy atom. The minimum absolute atomic E-state index is 0.119. The molecule has 108 valence electrons. The average molecular weight is 266 g/mol. The van der Waals surface area contributed by atoms with E-state index >= 15 is 0 Å². The van der Waals surface area contributed by atoms with Gasteiger partial charge in [0.15, 0.2) is 0 Å². The van der Waals surface area contributed by atoms with Crippen molar-refractivity contribution < 1.29 is 4.74 Å². The first-order valence-corrected chi connectivity index (χ1v) is 7.02. The number of hydrogen-bond donors (Lipinski definition) is 1. The fourth-order valence-electron chi connectivity index (χ4n) is 2.58. The normalized spacial score (nSPS) is 27.9. The molecule has 0 aromatic carbocycles. The summed E-state index contributed by atoms with van der Waals surface area (Å²) in [5.74, 6) is 1.04. The predicted octanol–water partition coefficient (Wildman–Crippen LogP) is 1.54. The van der Waals surface area contributed by atoms with Crippen molar-refractivity contribution in [2.75, 3.05) is 13.2 Å². The van der Waals surface area contributed by atoms with Crippen LogP contribution in [0.2, 0.25) is 0 Å². The first-order chi connectivity index (χ1) is 8.82. The van der Waals surface area contributed by atoms with Gasteiger partial charge >= 0.3 is 0 Å². The topological polar surface area (TPSA) is 52.0 Å². The zero-order valence-electron chi connectivity index (χ0n) is 12.7. The lowest BCUT2D eigenvalue weighted by molar-refractivity contribution is 0.0583. The van der Waals surface area contributed by atoms with Gasteiger partial charge in [0.25, 0.3) is 0 Å². The van der Waals surface area contributed by atoms with E-state index in [9.17, 15) is 0 Å². The maximum Gasteiger partial charge on any atom is 0.138 e. The number of ether oxygens (including phenoxy) is 1. The summed E-state index contributed by atoms with van der Waals surface area (Å²) in [7, 11) is 1.95. The number of nitrogens with zero attached hydrogens (tertiary/aromatic N) is 3. The SMILES string of the molecule is CC1OCCC1(CNC(C)(C)C)Cc1ncnn1C. The van der Waals surface area contributed by atoms with Crippen molar-refractivity contribution in [2.24, 2.45) is 12.5 Å². The summed E-state index contributed by atoms with van der Waals surface area (Å²) < 4.78 is 7.69. The quantitative estimate of drug-likeness (QED) is 0.898. The molecule has 1 fully saturated rings. The molecular weight excluding hydrogens is 240 g/mol. The van der Waals surface area contributed by atoms with Crippen LogP contribution in [-0.4, -0.2) is 39.6 Å². The van der Waals surface area contributed by atoms with Crippen LogP contribution in [0, 0.1) is 5.41 Å². The number of hydrogen-bond acceptors (Lipinski definition) is 4. The highest BCUT2D eigenvalue weighted by Gasteiger charge is 2.42. The van der Waals surface area contributed by atoms with Crippen LogP contribution in [-0.2, 0) is 18.2 Å². The van der Waals surface area contributed by atoms with Crippen molar-refractivity contribution in [2.45, 2.75) is 52.2 Å². The Bertz CT molecular complexity index is 423. The maximum atomic E-state index is 5.83. The van der Waals surface area contributed by atoms with Crippen LogP contribution in [0.3, 0.4) is 0 Å². The lowest BCUT2D eigenvalue weighted by Gasteiger charge is -2.35. The van der Waals surface area contributed by atoms with Gasteiger partial charge in [-0.3, -0.25) is 4.68 Å². The molecule has 0 spiro atoms. The second-order valence-corrected chi connectivity index (χ2v) is 6.71. The van der Waals surface area contributed by atoms with Gasteiger partial charge in [-0.05, 0) is 34.1 Å². The molecule has 5 heteroatoms. The number of rotatable bonds is 4. The summed E-state index contributed by atoms with van der Waals surface area (Å²) >= 11 is 0. The van der Waals surface area contributed by atoms with E-state index in [1.165, 1.54) is 0 Å². The lowest BCUT2D eigenvalue weighted by atomic mass is 9.77. The first-order valence-electron chi connectivity index (χ1n) is 7.02. The van der Waals surface area contributed by atoms with Gasteiger partial charge in [-0.1, -0.05) is 0 Å². The van der Waals surface area contributed by atoms with Crippen molar-refractivity contribution >= 4 is 0 Å². The highest BCUT2D eigenvalue weighted by atomic mass is 16.5. The van der Waals surface area contributed by atoms with E-state index in [0.29, 0.717) is 0 Å². The molecule has 2 heterocycles. The van der Waals surface area contributed by atoms with Crippen molar-refractivity contribution in [3.8, 4) is 0 Å². The molecule has 2 rings (SSSR count). The molecule has 0 amide bonds. The van der Waals surface area contributed by atoms with Crippen LogP contribution in [0.1, 0.15) is 39.9 Å². The van der Waals surface area contributed by atoms with E-state index in [2.05, 4.69) is 43.1 Å². The van der Waals surface area contributed by atoms with E-state index in [1.807, 2.05) is 11.7 Å². The van der Waals surface area contributed by atoms with Crippen LogP contribution >= 0.6 is 0 Å². The van der Waals surface area contributed by atoms with Crippen molar-refractivity contribution in [3.05, 3.63) is 12.2 Å². The van der Waals surface area contributed by atoms with Gasteiger partial charge in [-0.25, -0.2) is 4.98 Å². The third-order valence-electron chi connectivity index (χ3n) is 4.12. The van der Waals surface area contributed by atoms with Crippen LogP contribution in [0.4, 0.5) is 0 Å². The number of nitrogens with one attached hydrogen (secondary N) is 1. The van der Waals surface area contributed by atoms with E-state index in [-0.39, 0.29) is 17.1 Å². The summed E-state index contributed by atoms with van der Waals surface area (Å²) in [4.78, 5) is 4.37. The molecule has 1 aliphatic rings. The van der Waals surface area contributed by atoms with Crippen molar-refractivity contribution in [3.63, 3.8) is 0 Å². The molecule has 1 aromatic heterocycles. The Hall–Kier alpha value is -0.940. The molecule has 0 aliphatic carbocycles. The molecule has 1 aliphatic heterocycles. The predicted molar refractivity (Wildman–Crippen MR) is 74.9 cm³/mol. The molecule has 2 unspecified atom stereocenters. The second kappa shape index (κ2) is 5.21. The number of aryl methyl sites for hydroxylation is 1. The van der Waals surface area contributed by atoms with Gasteiger partial charge in [-0.2, -0.15) is 5.10 Å². The number of aromatic nitrogens is 3. The Kier molecular flexibility index (Phi) is 3.97. The highest BCUT2D eigenvalue weighted by Crippen LogP contribution is 2.37. The van der Waals surface area contributed by atoms with Crippen LogP contribution in [0.25, 0.3) is 0 Å². The minimum Gasteiger partial charge on any atom is -0.378 e. The molecule has 1 N–H and O–H groups in total. The zero-order valence-corrected chi connectivity index (χ0v) is 12.7. The molecule has 1 saturated heterocycles. The average Bonchev–Trinajstić information content (AvgIpc) is 2.85. The van der Waals surface area contributed by atoms with E-state index in [0.717, 1.165) is 31.8 Å². The van der Waals surface area contributed by atoms with Crippen LogP contribution in [0.15, 0.2) is 6.33 Å². The molecular formula is C14H26N4O. The maximum absolute atomic E-state index is 5.83. The first kappa shape index (κ1) is 14.5. The standard InChI is InChI=1S/C14H26N4O/c1-11-14(6-7-19-11,9-16-13(2,3)4)8-12-15-10-17-18(12)5/h10-11,16H,6-9H2,1-5H3. The van der Waals surface area contributed by atoms with Gasteiger partial charge in [0.2, 0.25) is 0 Å². The van der Waals surface area contributed by atoms with E-state index in [1.54, 1.807) is 6.33 Å². The third kappa shape index (κ3) is 3.34. The Morgan fingerprint density at radius 3 is 2.74 bits per heavy atom. The third-order valence-corrected chi connectivity index (χ3v) is 4.12. The minimum atomic E-state index is 0.119. The van der Waals surface area contributed by atoms with Gasteiger partial charge < -0.3 is 10.1 Å². The molecule has 0 bridgehead atoms. The Balaban J connectivity index is 2.14. The van der Waals surface area contributed by atoms with Gasteiger partial charge in [0.1, 0.15) is 12.2 Å². The summed E-state index contributed by atoms with van der Waals surface area (Å²) in [6, 6.07) is 0. The second-order valence-electron chi connectivity index (χ2n) is 6.71. The smallest absolute Gasteiger partial charge is 0.138 e. The molecule has 0 saturated carbocycles. The van der Waals surface area contributed by atoms with Crippen molar-refractivity contribution in [1.29, 1.82) is 0 Å². The summed E-state index contributed by atoms with van der Waals surface area (Å²) in [5.41, 5.74) is 0.239. The summed E-state index contributed by atoms with van der Waals surface area (Å²) in [6.07, 6.45) is 3.86. The summed E-state index contributed by atoms with van der Waals surface area (Å²) in [5, 5.41) is 7.80. The van der Waals surface area contributed by atoms with Crippen LogP contribution < -0.4 is 5.32 Å².